The number of rotatable bonds is 3. The maximum Gasteiger partial charge on any atom is 0.411 e. The van der Waals surface area contributed by atoms with Gasteiger partial charge in [-0.15, -0.1) is 0 Å². The minimum atomic E-state index is -0.436. The van der Waals surface area contributed by atoms with E-state index >= 15 is 0 Å². The van der Waals surface area contributed by atoms with Crippen LogP contribution in [0.25, 0.3) is 0 Å². The van der Waals surface area contributed by atoms with Crippen LogP contribution in [0.3, 0.4) is 0 Å². The summed E-state index contributed by atoms with van der Waals surface area (Å²) < 4.78 is 5.23. The lowest BCUT2D eigenvalue weighted by Gasteiger charge is -2.09. The lowest BCUT2D eigenvalue weighted by molar-refractivity contribution is 0.155. The second kappa shape index (κ2) is 6.24. The summed E-state index contributed by atoms with van der Waals surface area (Å²) in [7, 11) is 0. The Morgan fingerprint density at radius 1 is 1.00 bits per heavy atom. The lowest BCUT2D eigenvalue weighted by atomic mass is 10.1. The van der Waals surface area contributed by atoms with Crippen molar-refractivity contribution in [2.24, 2.45) is 0 Å². The summed E-state index contributed by atoms with van der Waals surface area (Å²) in [5, 5.41) is 2.71. The number of ether oxygens (including phenoxy) is 1. The second-order valence-corrected chi connectivity index (χ2v) is 5.00. The van der Waals surface area contributed by atoms with Crippen LogP contribution in [0.2, 0.25) is 0 Å². The summed E-state index contributed by atoms with van der Waals surface area (Å²) in [6.07, 6.45) is -0.436. The molecule has 0 unspecified atom stereocenters. The summed E-state index contributed by atoms with van der Waals surface area (Å²) in [5.41, 5.74) is 5.25. The first-order valence-corrected chi connectivity index (χ1v) is 6.61. The third-order valence-corrected chi connectivity index (χ3v) is 3.15. The van der Waals surface area contributed by atoms with Crippen molar-refractivity contribution >= 4 is 11.8 Å². The van der Waals surface area contributed by atoms with Gasteiger partial charge in [-0.05, 0) is 44.0 Å². The second-order valence-electron chi connectivity index (χ2n) is 5.00. The van der Waals surface area contributed by atoms with E-state index in [4.69, 9.17) is 4.74 Å². The van der Waals surface area contributed by atoms with E-state index in [0.717, 1.165) is 22.4 Å². The van der Waals surface area contributed by atoms with Crippen LogP contribution in [0, 0.1) is 20.8 Å². The molecule has 3 heteroatoms. The Labute approximate surface area is 119 Å². The number of hydrogen-bond donors (Lipinski definition) is 1. The monoisotopic (exact) mass is 269 g/mol. The van der Waals surface area contributed by atoms with E-state index in [1.54, 1.807) is 0 Å². The quantitative estimate of drug-likeness (QED) is 0.899. The molecule has 0 radical (unpaired) electrons. The molecule has 1 amide bonds. The van der Waals surface area contributed by atoms with Crippen LogP contribution in [0.1, 0.15) is 22.3 Å². The van der Waals surface area contributed by atoms with Gasteiger partial charge in [0, 0.05) is 5.69 Å². The van der Waals surface area contributed by atoms with Gasteiger partial charge >= 0.3 is 6.09 Å². The van der Waals surface area contributed by atoms with Crippen LogP contribution < -0.4 is 5.32 Å². The van der Waals surface area contributed by atoms with Gasteiger partial charge in [-0.2, -0.15) is 0 Å². The molecule has 104 valence electrons. The van der Waals surface area contributed by atoms with Crippen LogP contribution in [0.15, 0.2) is 42.5 Å². The summed E-state index contributed by atoms with van der Waals surface area (Å²) in [6.45, 7) is 6.34. The van der Waals surface area contributed by atoms with Gasteiger partial charge in [-0.1, -0.05) is 41.5 Å². The fraction of sp³-hybridized carbons (Fsp3) is 0.235. The molecule has 0 aliphatic heterocycles. The zero-order chi connectivity index (χ0) is 14.5. The molecule has 0 bridgehead atoms. The molecule has 0 heterocycles. The highest BCUT2D eigenvalue weighted by molar-refractivity contribution is 5.84. The van der Waals surface area contributed by atoms with E-state index in [9.17, 15) is 4.79 Å². The minimum absolute atomic E-state index is 0.282. The Bertz CT molecular complexity index is 603. The number of aryl methyl sites for hydroxylation is 3. The molecular weight excluding hydrogens is 250 g/mol. The van der Waals surface area contributed by atoms with E-state index in [1.165, 1.54) is 5.56 Å². The fourth-order valence-electron chi connectivity index (χ4n) is 1.94. The molecule has 2 rings (SSSR count). The molecule has 1 N–H and O–H groups in total. The maximum absolute atomic E-state index is 11.7. The van der Waals surface area contributed by atoms with E-state index in [-0.39, 0.29) is 6.61 Å². The van der Waals surface area contributed by atoms with E-state index < -0.39 is 6.09 Å². The van der Waals surface area contributed by atoms with Crippen molar-refractivity contribution in [2.75, 3.05) is 5.32 Å². The van der Waals surface area contributed by atoms with Crippen molar-refractivity contribution in [3.8, 4) is 0 Å². The first-order chi connectivity index (χ1) is 9.54. The highest BCUT2D eigenvalue weighted by Gasteiger charge is 2.05. The molecule has 0 aromatic heterocycles. The highest BCUT2D eigenvalue weighted by atomic mass is 16.5. The number of carbonyl (C=O) groups is 1. The van der Waals surface area contributed by atoms with E-state index in [0.29, 0.717) is 0 Å². The maximum atomic E-state index is 11.7. The van der Waals surface area contributed by atoms with Gasteiger partial charge in [-0.3, -0.25) is 5.32 Å². The van der Waals surface area contributed by atoms with Gasteiger partial charge in [0.15, 0.2) is 0 Å². The molecule has 3 nitrogen and oxygen atoms in total. The van der Waals surface area contributed by atoms with Crippen molar-refractivity contribution in [3.05, 3.63) is 64.7 Å². The van der Waals surface area contributed by atoms with Crippen LogP contribution >= 0.6 is 0 Å². The van der Waals surface area contributed by atoms with E-state index in [2.05, 4.69) is 11.4 Å². The Morgan fingerprint density at radius 2 is 1.65 bits per heavy atom. The van der Waals surface area contributed by atoms with Gasteiger partial charge < -0.3 is 4.74 Å². The summed E-state index contributed by atoms with van der Waals surface area (Å²) in [6, 6.07) is 13.7. The standard InChI is InChI=1S/C17H19NO2/c1-12-5-8-16(9-6-12)18-17(19)20-11-15-7-4-13(2)10-14(15)3/h4-10H,11H2,1-3H3,(H,18,19). The average Bonchev–Trinajstić information content (AvgIpc) is 2.40. The Morgan fingerprint density at radius 3 is 2.30 bits per heavy atom. The van der Waals surface area contributed by atoms with Crippen molar-refractivity contribution in [3.63, 3.8) is 0 Å². The summed E-state index contributed by atoms with van der Waals surface area (Å²) in [4.78, 5) is 11.7. The molecular formula is C17H19NO2. The molecule has 0 aliphatic rings. The smallest absolute Gasteiger partial charge is 0.411 e. The zero-order valence-electron chi connectivity index (χ0n) is 12.1. The van der Waals surface area contributed by atoms with Crippen molar-refractivity contribution in [1.82, 2.24) is 0 Å². The number of benzene rings is 2. The molecule has 0 saturated carbocycles. The normalized spacial score (nSPS) is 10.2. The highest BCUT2D eigenvalue weighted by Crippen LogP contribution is 2.13. The minimum Gasteiger partial charge on any atom is -0.444 e. The number of carbonyl (C=O) groups excluding carboxylic acids is 1. The van der Waals surface area contributed by atoms with Crippen molar-refractivity contribution in [2.45, 2.75) is 27.4 Å². The molecule has 20 heavy (non-hydrogen) atoms. The van der Waals surface area contributed by atoms with Crippen LogP contribution in [0.4, 0.5) is 10.5 Å². The fourth-order valence-corrected chi connectivity index (χ4v) is 1.94. The number of nitrogens with one attached hydrogen (secondary N) is 1. The first-order valence-electron chi connectivity index (χ1n) is 6.61. The third-order valence-electron chi connectivity index (χ3n) is 3.15. The predicted molar refractivity (Wildman–Crippen MR) is 80.9 cm³/mol. The third kappa shape index (κ3) is 3.85. The molecule has 0 fully saturated rings. The van der Waals surface area contributed by atoms with Crippen LogP contribution in [0.5, 0.6) is 0 Å². The SMILES string of the molecule is Cc1ccc(NC(=O)OCc2ccc(C)cc2C)cc1. The Balaban J connectivity index is 1.90. The van der Waals surface area contributed by atoms with Gasteiger partial charge in [0.2, 0.25) is 0 Å². The predicted octanol–water partition coefficient (Wildman–Crippen LogP) is 4.36. The van der Waals surface area contributed by atoms with Crippen molar-refractivity contribution in [1.29, 1.82) is 0 Å². The molecule has 2 aromatic rings. The lowest BCUT2D eigenvalue weighted by Crippen LogP contribution is -2.13. The summed E-state index contributed by atoms with van der Waals surface area (Å²) >= 11 is 0. The van der Waals surface area contributed by atoms with Gasteiger partial charge in [-0.25, -0.2) is 4.79 Å². The van der Waals surface area contributed by atoms with E-state index in [1.807, 2.05) is 57.2 Å². The number of hydrogen-bond acceptors (Lipinski definition) is 2. The largest absolute Gasteiger partial charge is 0.444 e. The molecule has 0 saturated heterocycles. The van der Waals surface area contributed by atoms with Gasteiger partial charge in [0.05, 0.1) is 0 Å². The molecule has 0 aliphatic carbocycles. The zero-order valence-corrected chi connectivity index (χ0v) is 12.1. The topological polar surface area (TPSA) is 38.3 Å². The summed E-state index contributed by atoms with van der Waals surface area (Å²) in [5.74, 6) is 0. The average molecular weight is 269 g/mol. The number of anilines is 1. The molecule has 0 spiro atoms. The van der Waals surface area contributed by atoms with Gasteiger partial charge in [0.1, 0.15) is 6.61 Å². The van der Waals surface area contributed by atoms with Crippen LogP contribution in [-0.4, -0.2) is 6.09 Å². The molecule has 2 aromatic carbocycles. The number of amides is 1. The first kappa shape index (κ1) is 14.1. The Kier molecular flexibility index (Phi) is 4.41. The van der Waals surface area contributed by atoms with Crippen molar-refractivity contribution < 1.29 is 9.53 Å². The molecule has 0 atom stereocenters. The Hall–Kier alpha value is -2.29. The van der Waals surface area contributed by atoms with Gasteiger partial charge in [0.25, 0.3) is 0 Å². The van der Waals surface area contributed by atoms with Crippen LogP contribution in [-0.2, 0) is 11.3 Å².